The first-order valence-electron chi connectivity index (χ1n) is 7.92. The van der Waals surface area contributed by atoms with Gasteiger partial charge < -0.3 is 10.4 Å². The lowest BCUT2D eigenvalue weighted by molar-refractivity contribution is -0.131. The van der Waals surface area contributed by atoms with Crippen LogP contribution >= 0.6 is 0 Å². The fourth-order valence-corrected chi connectivity index (χ4v) is 2.31. The van der Waals surface area contributed by atoms with Gasteiger partial charge in [0.25, 0.3) is 0 Å². The maximum Gasteiger partial charge on any atom is 0.226 e. The Balaban J connectivity index is 4.34. The average Bonchev–Trinajstić information content (AvgIpc) is 2.38. The SMILES string of the molecule is CCCCCCC(C)(CCCC)C(=O)NCC(C)O. The van der Waals surface area contributed by atoms with E-state index in [1.807, 2.05) is 0 Å². The van der Waals surface area contributed by atoms with E-state index in [0.717, 1.165) is 32.1 Å². The first kappa shape index (κ1) is 18.4. The van der Waals surface area contributed by atoms with Gasteiger partial charge in [-0.3, -0.25) is 4.79 Å². The maximum absolute atomic E-state index is 12.3. The van der Waals surface area contributed by atoms with Gasteiger partial charge >= 0.3 is 0 Å². The molecule has 3 nitrogen and oxygen atoms in total. The number of nitrogens with one attached hydrogen (secondary N) is 1. The van der Waals surface area contributed by atoms with Gasteiger partial charge in [0.05, 0.1) is 6.10 Å². The molecule has 0 aromatic heterocycles. The van der Waals surface area contributed by atoms with E-state index in [1.165, 1.54) is 19.3 Å². The molecule has 19 heavy (non-hydrogen) atoms. The summed E-state index contributed by atoms with van der Waals surface area (Å²) in [4.78, 5) is 12.3. The smallest absolute Gasteiger partial charge is 0.226 e. The quantitative estimate of drug-likeness (QED) is 0.564. The molecule has 0 rings (SSSR count). The van der Waals surface area contributed by atoms with E-state index in [4.69, 9.17) is 0 Å². The van der Waals surface area contributed by atoms with Crippen LogP contribution in [0.3, 0.4) is 0 Å². The van der Waals surface area contributed by atoms with E-state index in [2.05, 4.69) is 26.1 Å². The highest BCUT2D eigenvalue weighted by atomic mass is 16.3. The molecule has 2 unspecified atom stereocenters. The van der Waals surface area contributed by atoms with Crippen molar-refractivity contribution in [1.82, 2.24) is 5.32 Å². The normalized spacial score (nSPS) is 15.8. The van der Waals surface area contributed by atoms with E-state index in [1.54, 1.807) is 6.92 Å². The van der Waals surface area contributed by atoms with Crippen molar-refractivity contribution in [3.63, 3.8) is 0 Å². The molecule has 0 aromatic carbocycles. The van der Waals surface area contributed by atoms with Gasteiger partial charge in [0.15, 0.2) is 0 Å². The van der Waals surface area contributed by atoms with Gasteiger partial charge in [-0.2, -0.15) is 0 Å². The monoisotopic (exact) mass is 271 g/mol. The van der Waals surface area contributed by atoms with E-state index >= 15 is 0 Å². The summed E-state index contributed by atoms with van der Waals surface area (Å²) < 4.78 is 0. The van der Waals surface area contributed by atoms with Gasteiger partial charge in [-0.1, -0.05) is 59.3 Å². The summed E-state index contributed by atoms with van der Waals surface area (Å²) in [6.45, 7) is 8.49. The molecular weight excluding hydrogens is 238 g/mol. The number of carbonyl (C=O) groups is 1. The van der Waals surface area contributed by atoms with Crippen LogP contribution in [-0.2, 0) is 4.79 Å². The second-order valence-corrected chi connectivity index (χ2v) is 6.03. The summed E-state index contributed by atoms with van der Waals surface area (Å²) in [5.74, 6) is 0.110. The molecule has 0 spiro atoms. The van der Waals surface area contributed by atoms with Crippen LogP contribution in [0, 0.1) is 5.41 Å². The first-order valence-corrected chi connectivity index (χ1v) is 7.92. The lowest BCUT2D eigenvalue weighted by Crippen LogP contribution is -2.41. The molecule has 0 aromatic rings. The molecule has 114 valence electrons. The highest BCUT2D eigenvalue weighted by molar-refractivity contribution is 5.82. The van der Waals surface area contributed by atoms with Crippen molar-refractivity contribution < 1.29 is 9.90 Å². The second kappa shape index (κ2) is 10.2. The number of unbranched alkanes of at least 4 members (excludes halogenated alkanes) is 4. The van der Waals surface area contributed by atoms with Crippen LogP contribution in [0.25, 0.3) is 0 Å². The molecule has 0 radical (unpaired) electrons. The molecule has 0 bridgehead atoms. The van der Waals surface area contributed by atoms with Crippen molar-refractivity contribution >= 4 is 5.91 Å². The lowest BCUT2D eigenvalue weighted by atomic mass is 9.79. The zero-order chi connectivity index (χ0) is 14.7. The molecule has 0 saturated heterocycles. The van der Waals surface area contributed by atoms with Gasteiger partial charge in [0.1, 0.15) is 0 Å². The highest BCUT2D eigenvalue weighted by Crippen LogP contribution is 2.31. The molecule has 0 aliphatic carbocycles. The fourth-order valence-electron chi connectivity index (χ4n) is 2.31. The molecule has 3 heteroatoms. The molecule has 0 saturated carbocycles. The summed E-state index contributed by atoms with van der Waals surface area (Å²) in [6, 6.07) is 0. The molecule has 0 aliphatic heterocycles. The van der Waals surface area contributed by atoms with E-state index in [9.17, 15) is 9.90 Å². The Bertz CT molecular complexity index is 241. The topological polar surface area (TPSA) is 49.3 Å². The van der Waals surface area contributed by atoms with Gasteiger partial charge in [0, 0.05) is 12.0 Å². The predicted molar refractivity (Wildman–Crippen MR) is 81.1 cm³/mol. The number of hydrogen-bond donors (Lipinski definition) is 2. The maximum atomic E-state index is 12.3. The minimum Gasteiger partial charge on any atom is -0.392 e. The molecule has 2 N–H and O–H groups in total. The molecule has 0 aliphatic rings. The Morgan fingerprint density at radius 3 is 2.21 bits per heavy atom. The number of amides is 1. The summed E-state index contributed by atoms with van der Waals surface area (Å²) in [5.41, 5.74) is -0.265. The third kappa shape index (κ3) is 8.25. The van der Waals surface area contributed by atoms with Gasteiger partial charge in [-0.05, 0) is 19.8 Å². The summed E-state index contributed by atoms with van der Waals surface area (Å²) in [7, 11) is 0. The number of carbonyl (C=O) groups excluding carboxylic acids is 1. The fraction of sp³-hybridized carbons (Fsp3) is 0.938. The third-order valence-electron chi connectivity index (χ3n) is 3.77. The van der Waals surface area contributed by atoms with Crippen molar-refractivity contribution in [1.29, 1.82) is 0 Å². The zero-order valence-electron chi connectivity index (χ0n) is 13.3. The molecular formula is C16H33NO2. The Kier molecular flexibility index (Phi) is 9.94. The Morgan fingerprint density at radius 2 is 1.68 bits per heavy atom. The minimum atomic E-state index is -0.473. The Labute approximate surface area is 119 Å². The third-order valence-corrected chi connectivity index (χ3v) is 3.77. The van der Waals surface area contributed by atoms with Crippen LogP contribution in [-0.4, -0.2) is 23.7 Å². The lowest BCUT2D eigenvalue weighted by Gasteiger charge is -2.29. The van der Waals surface area contributed by atoms with Crippen LogP contribution in [0.15, 0.2) is 0 Å². The van der Waals surface area contributed by atoms with Crippen molar-refractivity contribution in [2.45, 2.75) is 85.2 Å². The second-order valence-electron chi connectivity index (χ2n) is 6.03. The minimum absolute atomic E-state index is 0.110. The predicted octanol–water partition coefficient (Wildman–Crippen LogP) is 3.65. The van der Waals surface area contributed by atoms with Crippen molar-refractivity contribution in [2.75, 3.05) is 6.54 Å². The van der Waals surface area contributed by atoms with Gasteiger partial charge in [-0.15, -0.1) is 0 Å². The first-order chi connectivity index (χ1) is 8.96. The molecule has 0 fully saturated rings. The van der Waals surface area contributed by atoms with Crippen LogP contribution < -0.4 is 5.32 Å². The number of hydrogen-bond acceptors (Lipinski definition) is 2. The van der Waals surface area contributed by atoms with Crippen LogP contribution in [0.2, 0.25) is 0 Å². The van der Waals surface area contributed by atoms with Crippen molar-refractivity contribution in [3.8, 4) is 0 Å². The summed E-state index contributed by atoms with van der Waals surface area (Å²) >= 11 is 0. The Hall–Kier alpha value is -0.570. The van der Waals surface area contributed by atoms with Crippen LogP contribution in [0.5, 0.6) is 0 Å². The van der Waals surface area contributed by atoms with E-state index < -0.39 is 6.10 Å². The standard InChI is InChI=1S/C16H33NO2/c1-5-7-9-10-12-16(4,11-8-6-2)15(19)17-13-14(3)18/h14,18H,5-13H2,1-4H3,(H,17,19). The summed E-state index contributed by atoms with van der Waals surface area (Å²) in [6.07, 6.45) is 8.44. The number of aliphatic hydroxyl groups is 1. The van der Waals surface area contributed by atoms with Crippen LogP contribution in [0.1, 0.15) is 79.1 Å². The molecule has 0 heterocycles. The number of rotatable bonds is 11. The largest absolute Gasteiger partial charge is 0.392 e. The summed E-state index contributed by atoms with van der Waals surface area (Å²) in [5, 5.41) is 12.2. The Morgan fingerprint density at radius 1 is 1.11 bits per heavy atom. The highest BCUT2D eigenvalue weighted by Gasteiger charge is 2.31. The van der Waals surface area contributed by atoms with Crippen molar-refractivity contribution in [3.05, 3.63) is 0 Å². The van der Waals surface area contributed by atoms with Crippen LogP contribution in [0.4, 0.5) is 0 Å². The molecule has 1 amide bonds. The van der Waals surface area contributed by atoms with Gasteiger partial charge in [0.2, 0.25) is 5.91 Å². The zero-order valence-corrected chi connectivity index (χ0v) is 13.3. The van der Waals surface area contributed by atoms with E-state index in [-0.39, 0.29) is 11.3 Å². The van der Waals surface area contributed by atoms with Gasteiger partial charge in [-0.25, -0.2) is 0 Å². The number of aliphatic hydroxyl groups excluding tert-OH is 1. The van der Waals surface area contributed by atoms with Crippen molar-refractivity contribution in [2.24, 2.45) is 5.41 Å². The van der Waals surface area contributed by atoms with E-state index in [0.29, 0.717) is 6.54 Å². The molecule has 2 atom stereocenters. The average molecular weight is 271 g/mol.